The third kappa shape index (κ3) is 5.83. The second-order valence-electron chi connectivity index (χ2n) is 7.82. The van der Waals surface area contributed by atoms with Crippen LogP contribution < -0.4 is 0 Å². The van der Waals surface area contributed by atoms with Crippen molar-refractivity contribution in [2.24, 2.45) is 0 Å². The van der Waals surface area contributed by atoms with E-state index < -0.39 is 0 Å². The van der Waals surface area contributed by atoms with E-state index in [1.165, 1.54) is 12.7 Å². The number of hydrogen-bond donors (Lipinski definition) is 1. The highest BCUT2D eigenvalue weighted by molar-refractivity contribution is 5.72. The number of ether oxygens (including phenoxy) is 1. The zero-order valence-corrected chi connectivity index (χ0v) is 17.7. The molecule has 4 heteroatoms. The third-order valence-corrected chi connectivity index (χ3v) is 5.25. The van der Waals surface area contributed by atoms with Gasteiger partial charge in [0.05, 0.1) is 13.5 Å². The fourth-order valence-electron chi connectivity index (χ4n) is 3.81. The van der Waals surface area contributed by atoms with Crippen LogP contribution in [0.15, 0.2) is 48.5 Å². The van der Waals surface area contributed by atoms with Crippen molar-refractivity contribution in [3.63, 3.8) is 0 Å². The van der Waals surface area contributed by atoms with Gasteiger partial charge in [0.1, 0.15) is 5.75 Å². The van der Waals surface area contributed by atoms with Crippen LogP contribution in [0.2, 0.25) is 0 Å². The first-order valence-electron chi connectivity index (χ1n) is 10.0. The Morgan fingerprint density at radius 3 is 2.25 bits per heavy atom. The van der Waals surface area contributed by atoms with Crippen molar-refractivity contribution in [1.82, 2.24) is 4.90 Å². The van der Waals surface area contributed by atoms with Gasteiger partial charge in [0.15, 0.2) is 0 Å². The van der Waals surface area contributed by atoms with Crippen LogP contribution in [-0.4, -0.2) is 41.7 Å². The van der Waals surface area contributed by atoms with E-state index in [0.717, 1.165) is 24.1 Å². The molecule has 2 aromatic carbocycles. The number of carbonyl (C=O) groups excluding carboxylic acids is 1. The van der Waals surface area contributed by atoms with Crippen molar-refractivity contribution >= 4 is 5.97 Å². The van der Waals surface area contributed by atoms with Gasteiger partial charge in [0.2, 0.25) is 0 Å². The average Bonchev–Trinajstić information content (AvgIpc) is 2.67. The van der Waals surface area contributed by atoms with Gasteiger partial charge in [-0.3, -0.25) is 9.69 Å². The standard InChI is InChI=1S/C24H33NO3/c1-17(2)25(18(3)4)14-13-21(20-9-7-6-8-10-20)22-15-19(11-12-23(22)26)16-24(27)28-5/h6-12,15,17-18,21,26H,13-14,16H2,1-5H3/t21-/m1/s1. The molecule has 0 aliphatic carbocycles. The predicted octanol–water partition coefficient (Wildman–Crippen LogP) is 4.75. The number of aromatic hydroxyl groups is 1. The fourth-order valence-corrected chi connectivity index (χ4v) is 3.81. The fraction of sp³-hybridized carbons (Fsp3) is 0.458. The molecule has 0 fully saturated rings. The summed E-state index contributed by atoms with van der Waals surface area (Å²) in [7, 11) is 1.39. The Hall–Kier alpha value is -2.33. The summed E-state index contributed by atoms with van der Waals surface area (Å²) in [5, 5.41) is 10.6. The van der Waals surface area contributed by atoms with Gasteiger partial charge in [-0.2, -0.15) is 0 Å². The molecule has 0 unspecified atom stereocenters. The Morgan fingerprint density at radius 2 is 1.68 bits per heavy atom. The Kier molecular flexibility index (Phi) is 8.06. The summed E-state index contributed by atoms with van der Waals surface area (Å²) in [6, 6.07) is 16.6. The average molecular weight is 384 g/mol. The Labute approximate surface area is 169 Å². The molecule has 152 valence electrons. The first kappa shape index (κ1) is 22.0. The van der Waals surface area contributed by atoms with Crippen LogP contribution in [0.1, 0.15) is 56.7 Å². The van der Waals surface area contributed by atoms with Crippen molar-refractivity contribution in [2.75, 3.05) is 13.7 Å². The molecule has 0 saturated carbocycles. The summed E-state index contributed by atoms with van der Waals surface area (Å²) < 4.78 is 4.79. The predicted molar refractivity (Wildman–Crippen MR) is 114 cm³/mol. The lowest BCUT2D eigenvalue weighted by Gasteiger charge is -2.32. The molecule has 0 aliphatic heterocycles. The van der Waals surface area contributed by atoms with Crippen molar-refractivity contribution in [3.05, 3.63) is 65.2 Å². The second kappa shape index (κ2) is 10.3. The molecule has 0 bridgehead atoms. The second-order valence-corrected chi connectivity index (χ2v) is 7.82. The molecule has 2 rings (SSSR count). The van der Waals surface area contributed by atoms with Crippen LogP contribution in [0.5, 0.6) is 5.75 Å². The molecular formula is C24H33NO3. The van der Waals surface area contributed by atoms with Crippen molar-refractivity contribution in [1.29, 1.82) is 0 Å². The van der Waals surface area contributed by atoms with Crippen LogP contribution in [0, 0.1) is 0 Å². The summed E-state index contributed by atoms with van der Waals surface area (Å²) in [5.41, 5.74) is 2.88. The summed E-state index contributed by atoms with van der Waals surface area (Å²) in [6.07, 6.45) is 1.09. The minimum atomic E-state index is -0.279. The number of methoxy groups -OCH3 is 1. The zero-order valence-electron chi connectivity index (χ0n) is 17.7. The van der Waals surface area contributed by atoms with E-state index in [9.17, 15) is 9.90 Å². The van der Waals surface area contributed by atoms with Crippen molar-refractivity contribution < 1.29 is 14.6 Å². The molecule has 1 N–H and O–H groups in total. The number of esters is 1. The van der Waals surface area contributed by atoms with E-state index >= 15 is 0 Å². The lowest BCUT2D eigenvalue weighted by atomic mass is 9.86. The van der Waals surface area contributed by atoms with Gasteiger partial charge >= 0.3 is 5.97 Å². The molecule has 1 atom stereocenters. The van der Waals surface area contributed by atoms with Crippen LogP contribution in [0.4, 0.5) is 0 Å². The number of nitrogens with zero attached hydrogens (tertiary/aromatic N) is 1. The van der Waals surface area contributed by atoms with Gasteiger partial charge in [-0.05, 0) is 57.9 Å². The highest BCUT2D eigenvalue weighted by Crippen LogP contribution is 2.35. The van der Waals surface area contributed by atoms with Gasteiger partial charge in [-0.25, -0.2) is 0 Å². The Bertz CT molecular complexity index is 748. The summed E-state index contributed by atoms with van der Waals surface area (Å²) in [4.78, 5) is 14.2. The van der Waals surface area contributed by atoms with E-state index in [2.05, 4.69) is 44.7 Å². The minimum absolute atomic E-state index is 0.0544. The maximum Gasteiger partial charge on any atom is 0.309 e. The topological polar surface area (TPSA) is 49.8 Å². The first-order valence-corrected chi connectivity index (χ1v) is 10.0. The number of carbonyl (C=O) groups is 1. The highest BCUT2D eigenvalue weighted by atomic mass is 16.5. The molecular weight excluding hydrogens is 350 g/mol. The molecule has 2 aromatic rings. The monoisotopic (exact) mass is 383 g/mol. The normalized spacial score (nSPS) is 12.6. The molecule has 4 nitrogen and oxygen atoms in total. The molecule has 0 radical (unpaired) electrons. The van der Waals surface area contributed by atoms with Crippen LogP contribution in [-0.2, 0) is 16.0 Å². The molecule has 0 heterocycles. The van der Waals surface area contributed by atoms with Gasteiger partial charge in [0, 0.05) is 23.6 Å². The number of hydrogen-bond acceptors (Lipinski definition) is 4. The van der Waals surface area contributed by atoms with E-state index in [0.29, 0.717) is 12.1 Å². The number of phenolic OH excluding ortho intramolecular Hbond substituents is 1. The van der Waals surface area contributed by atoms with Crippen molar-refractivity contribution in [3.8, 4) is 5.75 Å². The maximum atomic E-state index is 11.7. The SMILES string of the molecule is COC(=O)Cc1ccc(O)c([C@H](CCN(C(C)C)C(C)C)c2ccccc2)c1. The van der Waals surface area contributed by atoms with Crippen LogP contribution >= 0.6 is 0 Å². The Morgan fingerprint density at radius 1 is 1.04 bits per heavy atom. The van der Waals surface area contributed by atoms with E-state index in [1.54, 1.807) is 12.1 Å². The number of phenols is 1. The van der Waals surface area contributed by atoms with Gasteiger partial charge in [-0.1, -0.05) is 42.5 Å². The molecule has 0 spiro atoms. The van der Waals surface area contributed by atoms with E-state index in [-0.39, 0.29) is 24.1 Å². The van der Waals surface area contributed by atoms with E-state index in [1.807, 2.05) is 24.3 Å². The van der Waals surface area contributed by atoms with Crippen molar-refractivity contribution in [2.45, 2.75) is 58.5 Å². The summed E-state index contributed by atoms with van der Waals surface area (Å²) >= 11 is 0. The minimum Gasteiger partial charge on any atom is -0.508 e. The zero-order chi connectivity index (χ0) is 20.7. The molecule has 0 aromatic heterocycles. The number of rotatable bonds is 9. The Balaban J connectivity index is 2.37. The van der Waals surface area contributed by atoms with Crippen LogP contribution in [0.25, 0.3) is 0 Å². The smallest absolute Gasteiger partial charge is 0.309 e. The molecule has 0 aliphatic rings. The quantitative estimate of drug-likeness (QED) is 0.635. The molecule has 28 heavy (non-hydrogen) atoms. The third-order valence-electron chi connectivity index (χ3n) is 5.25. The lowest BCUT2D eigenvalue weighted by Crippen LogP contribution is -2.38. The van der Waals surface area contributed by atoms with Gasteiger partial charge in [-0.15, -0.1) is 0 Å². The summed E-state index contributed by atoms with van der Waals surface area (Å²) in [6.45, 7) is 9.78. The number of benzene rings is 2. The highest BCUT2D eigenvalue weighted by Gasteiger charge is 2.22. The van der Waals surface area contributed by atoms with E-state index in [4.69, 9.17) is 4.74 Å². The maximum absolute atomic E-state index is 11.7. The molecule has 0 saturated heterocycles. The largest absolute Gasteiger partial charge is 0.508 e. The lowest BCUT2D eigenvalue weighted by molar-refractivity contribution is -0.139. The van der Waals surface area contributed by atoms with Gasteiger partial charge < -0.3 is 9.84 Å². The molecule has 0 amide bonds. The van der Waals surface area contributed by atoms with Gasteiger partial charge in [0.25, 0.3) is 0 Å². The summed E-state index contributed by atoms with van der Waals surface area (Å²) in [5.74, 6) is 0.0422. The first-order chi connectivity index (χ1) is 13.3. The van der Waals surface area contributed by atoms with Crippen LogP contribution in [0.3, 0.4) is 0 Å².